The maximum Gasteiger partial charge on any atom is 0.327 e. The normalized spacial score (nSPS) is 19.4. The SMILES string of the molecule is Cc1cc(C#CC2CC2)ccc1N(C)C(=O)N(C)/C=C\C(=C/C=O)OCC(=O)N(C)C1CCC(C)C1. The molecule has 0 radical (unpaired) electrons. The number of hydrogen-bond acceptors (Lipinski definition) is 4. The van der Waals surface area contributed by atoms with Crippen molar-refractivity contribution in [2.75, 3.05) is 32.6 Å². The van der Waals surface area contributed by atoms with Crippen LogP contribution in [0.25, 0.3) is 0 Å². The van der Waals surface area contributed by atoms with Gasteiger partial charge in [-0.2, -0.15) is 0 Å². The lowest BCUT2D eigenvalue weighted by molar-refractivity contribution is -0.135. The van der Waals surface area contributed by atoms with Gasteiger partial charge in [-0.15, -0.1) is 0 Å². The number of anilines is 1. The van der Waals surface area contributed by atoms with E-state index in [0.29, 0.717) is 18.1 Å². The minimum atomic E-state index is -0.261. The van der Waals surface area contributed by atoms with Crippen LogP contribution in [0.15, 0.2) is 42.3 Å². The van der Waals surface area contributed by atoms with Gasteiger partial charge in [0.1, 0.15) is 12.0 Å². The molecule has 1 aromatic rings. The molecule has 192 valence electrons. The van der Waals surface area contributed by atoms with Gasteiger partial charge >= 0.3 is 6.03 Å². The summed E-state index contributed by atoms with van der Waals surface area (Å²) in [5.74, 6) is 7.69. The van der Waals surface area contributed by atoms with E-state index >= 15 is 0 Å². The Kier molecular flexibility index (Phi) is 9.35. The molecule has 2 aliphatic rings. The van der Waals surface area contributed by atoms with E-state index < -0.39 is 0 Å². The second kappa shape index (κ2) is 12.4. The molecule has 0 bridgehead atoms. The number of aryl methyl sites for hydroxylation is 1. The second-order valence-electron chi connectivity index (χ2n) is 9.88. The Morgan fingerprint density at radius 1 is 1.14 bits per heavy atom. The Labute approximate surface area is 214 Å². The molecule has 2 unspecified atom stereocenters. The molecule has 0 aromatic heterocycles. The summed E-state index contributed by atoms with van der Waals surface area (Å²) in [6.45, 7) is 3.98. The molecule has 0 aliphatic heterocycles. The standard InChI is InChI=1S/C29H37N3O4/c1-21-6-12-25(18-21)31(4)28(34)20-36-26(15-17-33)14-16-30(3)29(35)32(5)27-13-11-24(19-22(27)2)10-9-23-7-8-23/h11,13-17,19,21,23,25H,6-8,12,18,20H2,1-5H3/b16-14-,26-15+. The van der Waals surface area contributed by atoms with Crippen molar-refractivity contribution in [3.05, 3.63) is 53.4 Å². The lowest BCUT2D eigenvalue weighted by atomic mass is 10.1. The lowest BCUT2D eigenvalue weighted by Crippen LogP contribution is -2.37. The maximum absolute atomic E-state index is 13.0. The summed E-state index contributed by atoms with van der Waals surface area (Å²) in [5, 5.41) is 0. The molecule has 36 heavy (non-hydrogen) atoms. The fraction of sp³-hybridized carbons (Fsp3) is 0.483. The van der Waals surface area contributed by atoms with Crippen molar-refractivity contribution in [1.82, 2.24) is 9.80 Å². The van der Waals surface area contributed by atoms with Crippen molar-refractivity contribution in [2.24, 2.45) is 11.8 Å². The molecule has 2 fully saturated rings. The summed E-state index contributed by atoms with van der Waals surface area (Å²) in [4.78, 5) is 41.3. The van der Waals surface area contributed by atoms with Gasteiger partial charge in [0, 0.05) is 56.6 Å². The molecule has 0 saturated heterocycles. The minimum Gasteiger partial charge on any atom is -0.484 e. The maximum atomic E-state index is 13.0. The van der Waals surface area contributed by atoms with Crippen LogP contribution in [0.5, 0.6) is 0 Å². The topological polar surface area (TPSA) is 70.2 Å². The van der Waals surface area contributed by atoms with Gasteiger partial charge in [0.15, 0.2) is 6.61 Å². The molecule has 2 atom stereocenters. The zero-order valence-electron chi connectivity index (χ0n) is 22.0. The van der Waals surface area contributed by atoms with Crippen LogP contribution in [0.1, 0.15) is 50.2 Å². The molecule has 0 heterocycles. The second-order valence-corrected chi connectivity index (χ2v) is 9.88. The van der Waals surface area contributed by atoms with E-state index in [1.54, 1.807) is 30.9 Å². The van der Waals surface area contributed by atoms with Gasteiger partial charge in [0.25, 0.3) is 5.91 Å². The van der Waals surface area contributed by atoms with Gasteiger partial charge in [-0.1, -0.05) is 18.8 Å². The highest BCUT2D eigenvalue weighted by Gasteiger charge is 2.27. The number of aldehydes is 1. The Morgan fingerprint density at radius 2 is 1.89 bits per heavy atom. The first kappa shape index (κ1) is 27.1. The largest absolute Gasteiger partial charge is 0.484 e. The predicted octanol–water partition coefficient (Wildman–Crippen LogP) is 4.50. The first-order valence-corrected chi connectivity index (χ1v) is 12.5. The van der Waals surface area contributed by atoms with Crippen molar-refractivity contribution in [3.63, 3.8) is 0 Å². The van der Waals surface area contributed by atoms with E-state index in [-0.39, 0.29) is 30.3 Å². The zero-order chi connectivity index (χ0) is 26.2. The predicted molar refractivity (Wildman–Crippen MR) is 141 cm³/mol. The zero-order valence-corrected chi connectivity index (χ0v) is 22.0. The van der Waals surface area contributed by atoms with Crippen LogP contribution in [0, 0.1) is 30.6 Å². The van der Waals surface area contributed by atoms with Gasteiger partial charge < -0.3 is 14.5 Å². The fourth-order valence-corrected chi connectivity index (χ4v) is 4.31. The number of benzene rings is 1. The van der Waals surface area contributed by atoms with Crippen LogP contribution in [0.3, 0.4) is 0 Å². The summed E-state index contributed by atoms with van der Waals surface area (Å²) in [5.41, 5.74) is 2.68. The van der Waals surface area contributed by atoms with Gasteiger partial charge in [-0.05, 0) is 74.8 Å². The molecular formula is C29H37N3O4. The van der Waals surface area contributed by atoms with Gasteiger partial charge in [-0.25, -0.2) is 4.79 Å². The van der Waals surface area contributed by atoms with Crippen molar-refractivity contribution in [1.29, 1.82) is 0 Å². The number of nitrogens with zero attached hydrogens (tertiary/aromatic N) is 3. The Hall–Kier alpha value is -3.53. The average molecular weight is 492 g/mol. The minimum absolute atomic E-state index is 0.135. The highest BCUT2D eigenvalue weighted by atomic mass is 16.5. The highest BCUT2D eigenvalue weighted by Crippen LogP contribution is 2.29. The third-order valence-electron chi connectivity index (χ3n) is 6.81. The molecule has 2 aliphatic carbocycles. The van der Waals surface area contributed by atoms with E-state index in [4.69, 9.17) is 4.74 Å². The molecule has 3 rings (SSSR count). The van der Waals surface area contributed by atoms with E-state index in [1.165, 1.54) is 36.1 Å². The van der Waals surface area contributed by atoms with E-state index in [0.717, 1.165) is 36.1 Å². The number of urea groups is 1. The molecule has 3 amide bonds. The summed E-state index contributed by atoms with van der Waals surface area (Å²) in [6.07, 6.45) is 10.3. The Morgan fingerprint density at radius 3 is 2.50 bits per heavy atom. The fourth-order valence-electron chi connectivity index (χ4n) is 4.31. The van der Waals surface area contributed by atoms with Gasteiger partial charge in [0.2, 0.25) is 0 Å². The average Bonchev–Trinajstić information content (AvgIpc) is 3.60. The van der Waals surface area contributed by atoms with Crippen LogP contribution < -0.4 is 4.90 Å². The quantitative estimate of drug-likeness (QED) is 0.176. The molecule has 2 saturated carbocycles. The number of likely N-dealkylation sites (N-methyl/N-ethyl adjacent to an activating group) is 1. The first-order valence-electron chi connectivity index (χ1n) is 12.5. The Balaban J connectivity index is 1.57. The van der Waals surface area contributed by atoms with Crippen LogP contribution in [-0.4, -0.2) is 61.8 Å². The van der Waals surface area contributed by atoms with Crippen molar-refractivity contribution in [3.8, 4) is 11.8 Å². The molecule has 0 N–H and O–H groups in total. The molecular weight excluding hydrogens is 454 g/mol. The van der Waals surface area contributed by atoms with Crippen LogP contribution in [0.2, 0.25) is 0 Å². The van der Waals surface area contributed by atoms with Crippen molar-refractivity contribution in [2.45, 2.75) is 52.0 Å². The smallest absolute Gasteiger partial charge is 0.327 e. The third kappa shape index (κ3) is 7.48. The molecule has 0 spiro atoms. The Bertz CT molecular complexity index is 1090. The van der Waals surface area contributed by atoms with Crippen molar-refractivity contribution >= 4 is 23.9 Å². The van der Waals surface area contributed by atoms with Gasteiger partial charge in [-0.3, -0.25) is 14.5 Å². The van der Waals surface area contributed by atoms with E-state index in [9.17, 15) is 14.4 Å². The number of allylic oxidation sites excluding steroid dienone is 2. The molecule has 1 aromatic carbocycles. The summed E-state index contributed by atoms with van der Waals surface area (Å²) in [6, 6.07) is 5.78. The monoisotopic (exact) mass is 491 g/mol. The van der Waals surface area contributed by atoms with Crippen LogP contribution in [-0.2, 0) is 14.3 Å². The van der Waals surface area contributed by atoms with E-state index in [1.807, 2.05) is 25.1 Å². The number of carbonyl (C=O) groups is 3. The number of ether oxygens (including phenoxy) is 1. The molecule has 7 nitrogen and oxygen atoms in total. The summed E-state index contributed by atoms with van der Waals surface area (Å²) >= 11 is 0. The number of hydrogen-bond donors (Lipinski definition) is 0. The lowest BCUT2D eigenvalue weighted by Gasteiger charge is -2.25. The van der Waals surface area contributed by atoms with Crippen LogP contribution in [0.4, 0.5) is 10.5 Å². The van der Waals surface area contributed by atoms with E-state index in [2.05, 4.69) is 18.8 Å². The number of amides is 3. The van der Waals surface area contributed by atoms with Gasteiger partial charge in [0.05, 0.1) is 0 Å². The summed E-state index contributed by atoms with van der Waals surface area (Å²) < 4.78 is 5.59. The summed E-state index contributed by atoms with van der Waals surface area (Å²) in [7, 11) is 5.13. The van der Waals surface area contributed by atoms with Crippen LogP contribution >= 0.6 is 0 Å². The first-order chi connectivity index (χ1) is 17.2. The number of rotatable bonds is 8. The molecule has 7 heteroatoms. The van der Waals surface area contributed by atoms with Crippen molar-refractivity contribution < 1.29 is 19.1 Å². The highest BCUT2D eigenvalue weighted by molar-refractivity contribution is 5.92. The number of carbonyl (C=O) groups excluding carboxylic acids is 3. The third-order valence-corrected chi connectivity index (χ3v) is 6.81.